The summed E-state index contributed by atoms with van der Waals surface area (Å²) in [6, 6.07) is 0. The first kappa shape index (κ1) is 12.9. The molecule has 0 N–H and O–H groups in total. The molecule has 0 spiro atoms. The van der Waals surface area contributed by atoms with E-state index >= 15 is 0 Å². The Morgan fingerprint density at radius 1 is 1.35 bits per heavy atom. The number of carbonyl (C=O) groups is 1. The Balaban J connectivity index is 1.98. The Morgan fingerprint density at radius 2 is 2.15 bits per heavy atom. The number of fused-ring (bicyclic) bond motifs is 1. The van der Waals surface area contributed by atoms with Crippen molar-refractivity contribution in [2.45, 2.75) is 26.2 Å². The maximum absolute atomic E-state index is 11.8. The lowest BCUT2D eigenvalue weighted by Crippen LogP contribution is -2.30. The van der Waals surface area contributed by atoms with Gasteiger partial charge in [0.15, 0.2) is 17.2 Å². The Kier molecular flexibility index (Phi) is 3.54. The highest BCUT2D eigenvalue weighted by atomic mass is 16.5. The van der Waals surface area contributed by atoms with Gasteiger partial charge in [-0.1, -0.05) is 0 Å². The predicted molar refractivity (Wildman–Crippen MR) is 75.0 cm³/mol. The van der Waals surface area contributed by atoms with E-state index in [9.17, 15) is 4.79 Å². The number of hydrogen-bond acceptors (Lipinski definition) is 5. The maximum atomic E-state index is 11.8. The summed E-state index contributed by atoms with van der Waals surface area (Å²) in [5.41, 5.74) is 1.05. The summed E-state index contributed by atoms with van der Waals surface area (Å²) >= 11 is 0. The Morgan fingerprint density at radius 3 is 2.90 bits per heavy atom. The number of anilines is 1. The molecule has 1 aliphatic heterocycles. The second-order valence-electron chi connectivity index (χ2n) is 4.88. The van der Waals surface area contributed by atoms with Crippen LogP contribution in [0.15, 0.2) is 18.6 Å². The van der Waals surface area contributed by atoms with Gasteiger partial charge in [0.1, 0.15) is 0 Å². The molecule has 20 heavy (non-hydrogen) atoms. The minimum absolute atomic E-state index is 0.332. The van der Waals surface area contributed by atoms with E-state index in [-0.39, 0.29) is 5.97 Å². The van der Waals surface area contributed by atoms with Crippen LogP contribution in [-0.4, -0.2) is 40.0 Å². The number of esters is 1. The molecule has 0 bridgehead atoms. The van der Waals surface area contributed by atoms with Gasteiger partial charge in [0, 0.05) is 31.7 Å². The molecule has 1 aliphatic rings. The number of imidazole rings is 1. The number of ether oxygens (including phenoxy) is 1. The predicted octanol–water partition coefficient (Wildman–Crippen LogP) is 1.90. The van der Waals surface area contributed by atoms with E-state index in [1.165, 1.54) is 19.3 Å². The molecular weight excluding hydrogens is 256 g/mol. The number of piperidine rings is 1. The summed E-state index contributed by atoms with van der Waals surface area (Å²) in [5, 5.41) is 0. The van der Waals surface area contributed by atoms with Crippen molar-refractivity contribution in [1.29, 1.82) is 0 Å². The van der Waals surface area contributed by atoms with Crippen LogP contribution in [0.5, 0.6) is 0 Å². The van der Waals surface area contributed by atoms with Crippen molar-refractivity contribution in [2.75, 3.05) is 24.6 Å². The fourth-order valence-electron chi connectivity index (χ4n) is 2.54. The second-order valence-corrected chi connectivity index (χ2v) is 4.88. The molecular formula is C14H18N4O2. The minimum atomic E-state index is -0.388. The van der Waals surface area contributed by atoms with Gasteiger partial charge >= 0.3 is 5.97 Å². The van der Waals surface area contributed by atoms with Crippen molar-refractivity contribution in [3.8, 4) is 0 Å². The van der Waals surface area contributed by atoms with Crippen molar-refractivity contribution < 1.29 is 9.53 Å². The minimum Gasteiger partial charge on any atom is -0.461 e. The molecule has 2 aromatic heterocycles. The highest BCUT2D eigenvalue weighted by Crippen LogP contribution is 2.22. The van der Waals surface area contributed by atoms with Crippen molar-refractivity contribution in [2.24, 2.45) is 0 Å². The molecule has 106 valence electrons. The summed E-state index contributed by atoms with van der Waals surface area (Å²) < 4.78 is 6.83. The van der Waals surface area contributed by atoms with Crippen LogP contribution in [0.25, 0.3) is 5.65 Å². The molecule has 0 unspecified atom stereocenters. The average Bonchev–Trinajstić information content (AvgIpc) is 2.92. The lowest BCUT2D eigenvalue weighted by molar-refractivity contribution is 0.0520. The van der Waals surface area contributed by atoms with Gasteiger partial charge < -0.3 is 14.0 Å². The molecule has 6 heteroatoms. The van der Waals surface area contributed by atoms with E-state index in [0.717, 1.165) is 24.6 Å². The molecule has 0 aromatic carbocycles. The summed E-state index contributed by atoms with van der Waals surface area (Å²) in [6.45, 7) is 4.13. The third-order valence-corrected chi connectivity index (χ3v) is 3.50. The zero-order valence-corrected chi connectivity index (χ0v) is 11.6. The fourth-order valence-corrected chi connectivity index (χ4v) is 2.54. The van der Waals surface area contributed by atoms with E-state index in [1.807, 2.05) is 4.40 Å². The van der Waals surface area contributed by atoms with E-state index in [4.69, 9.17) is 4.74 Å². The van der Waals surface area contributed by atoms with Crippen molar-refractivity contribution in [3.05, 3.63) is 24.3 Å². The van der Waals surface area contributed by atoms with E-state index in [0.29, 0.717) is 12.3 Å². The SMILES string of the molecule is CCOC(=O)c1cn2ccnc(N3CCCCC3)c2n1. The van der Waals surface area contributed by atoms with Crippen molar-refractivity contribution in [3.63, 3.8) is 0 Å². The molecule has 0 aliphatic carbocycles. The number of nitrogens with zero attached hydrogens (tertiary/aromatic N) is 4. The highest BCUT2D eigenvalue weighted by molar-refractivity contribution is 5.88. The van der Waals surface area contributed by atoms with Crippen LogP contribution in [-0.2, 0) is 4.74 Å². The van der Waals surface area contributed by atoms with Crippen LogP contribution in [0.2, 0.25) is 0 Å². The topological polar surface area (TPSA) is 59.7 Å². The largest absolute Gasteiger partial charge is 0.461 e. The summed E-state index contributed by atoms with van der Waals surface area (Å²) in [4.78, 5) is 22.8. The molecule has 3 heterocycles. The molecule has 0 radical (unpaired) electrons. The van der Waals surface area contributed by atoms with Crippen LogP contribution >= 0.6 is 0 Å². The number of rotatable bonds is 3. The van der Waals surface area contributed by atoms with Crippen LogP contribution in [0.1, 0.15) is 36.7 Å². The molecule has 1 fully saturated rings. The molecule has 6 nitrogen and oxygen atoms in total. The second kappa shape index (κ2) is 5.48. The summed E-state index contributed by atoms with van der Waals surface area (Å²) in [7, 11) is 0. The van der Waals surface area contributed by atoms with Crippen molar-refractivity contribution in [1.82, 2.24) is 14.4 Å². The zero-order valence-electron chi connectivity index (χ0n) is 11.6. The fraction of sp³-hybridized carbons (Fsp3) is 0.500. The standard InChI is InChI=1S/C14H18N4O2/c1-2-20-14(19)11-10-18-9-6-15-12(13(18)16-11)17-7-4-3-5-8-17/h6,9-10H,2-5,7-8H2,1H3. The average molecular weight is 274 g/mol. The van der Waals surface area contributed by atoms with Gasteiger partial charge in [-0.2, -0.15) is 0 Å². The third kappa shape index (κ3) is 2.33. The van der Waals surface area contributed by atoms with Gasteiger partial charge in [0.25, 0.3) is 0 Å². The Labute approximate surface area is 117 Å². The molecule has 0 amide bonds. The first-order valence-corrected chi connectivity index (χ1v) is 7.05. The molecule has 1 saturated heterocycles. The zero-order chi connectivity index (χ0) is 13.9. The number of hydrogen-bond donors (Lipinski definition) is 0. The number of aromatic nitrogens is 3. The van der Waals surface area contributed by atoms with E-state index < -0.39 is 0 Å². The van der Waals surface area contributed by atoms with Gasteiger partial charge in [-0.25, -0.2) is 14.8 Å². The monoisotopic (exact) mass is 274 g/mol. The van der Waals surface area contributed by atoms with Crippen LogP contribution < -0.4 is 4.90 Å². The quantitative estimate of drug-likeness (QED) is 0.800. The van der Waals surface area contributed by atoms with Gasteiger partial charge in [0.2, 0.25) is 0 Å². The molecule has 2 aromatic rings. The lowest BCUT2D eigenvalue weighted by Gasteiger charge is -2.27. The first-order valence-electron chi connectivity index (χ1n) is 7.05. The maximum Gasteiger partial charge on any atom is 0.358 e. The highest BCUT2D eigenvalue weighted by Gasteiger charge is 2.19. The van der Waals surface area contributed by atoms with Gasteiger partial charge in [0.05, 0.1) is 6.61 Å². The number of carbonyl (C=O) groups excluding carboxylic acids is 1. The first-order chi connectivity index (χ1) is 9.79. The molecule has 0 saturated carbocycles. The van der Waals surface area contributed by atoms with Crippen LogP contribution in [0.4, 0.5) is 5.82 Å². The van der Waals surface area contributed by atoms with Crippen LogP contribution in [0.3, 0.4) is 0 Å². The van der Waals surface area contributed by atoms with Crippen LogP contribution in [0, 0.1) is 0 Å². The van der Waals surface area contributed by atoms with Gasteiger partial charge in [-0.15, -0.1) is 0 Å². The van der Waals surface area contributed by atoms with Gasteiger partial charge in [-0.3, -0.25) is 0 Å². The Bertz CT molecular complexity index is 617. The van der Waals surface area contributed by atoms with Crippen molar-refractivity contribution >= 4 is 17.4 Å². The normalized spacial score (nSPS) is 15.6. The lowest BCUT2D eigenvalue weighted by atomic mass is 10.1. The summed E-state index contributed by atoms with van der Waals surface area (Å²) in [6.07, 6.45) is 8.86. The van der Waals surface area contributed by atoms with Gasteiger partial charge in [-0.05, 0) is 26.2 Å². The summed E-state index contributed by atoms with van der Waals surface area (Å²) in [5.74, 6) is 0.462. The molecule has 3 rings (SSSR count). The molecule has 0 atom stereocenters. The van der Waals surface area contributed by atoms with E-state index in [1.54, 1.807) is 25.5 Å². The third-order valence-electron chi connectivity index (χ3n) is 3.50. The van der Waals surface area contributed by atoms with E-state index in [2.05, 4.69) is 14.9 Å². The smallest absolute Gasteiger partial charge is 0.358 e. The Hall–Kier alpha value is -2.11.